The third kappa shape index (κ3) is 4.06. The first-order chi connectivity index (χ1) is 10.6. The smallest absolute Gasteiger partial charge is 0.221 e. The summed E-state index contributed by atoms with van der Waals surface area (Å²) in [6.07, 6.45) is 3.23. The summed E-state index contributed by atoms with van der Waals surface area (Å²) >= 11 is 6.67. The highest BCUT2D eigenvalue weighted by atomic mass is 35.5. The first kappa shape index (κ1) is 16.9. The Hall–Kier alpha value is -1.44. The first-order valence-corrected chi connectivity index (χ1v) is 9.51. The molecule has 5 nitrogen and oxygen atoms in total. The van der Waals surface area contributed by atoms with Crippen LogP contribution in [0.5, 0.6) is 0 Å². The van der Waals surface area contributed by atoms with Crippen LogP contribution in [0.3, 0.4) is 0 Å². The molecule has 1 atom stereocenters. The van der Waals surface area contributed by atoms with Crippen molar-refractivity contribution >= 4 is 38.7 Å². The second kappa shape index (κ2) is 7.71. The quantitative estimate of drug-likeness (QED) is 0.771. The maximum atomic E-state index is 12.8. The summed E-state index contributed by atoms with van der Waals surface area (Å²) in [7, 11) is -3.59. The van der Waals surface area contributed by atoms with Gasteiger partial charge in [-0.1, -0.05) is 12.1 Å². The van der Waals surface area contributed by atoms with E-state index in [0.29, 0.717) is 5.56 Å². The maximum absolute atomic E-state index is 12.8. The van der Waals surface area contributed by atoms with Gasteiger partial charge in [-0.2, -0.15) is 0 Å². The van der Waals surface area contributed by atoms with Gasteiger partial charge < -0.3 is 5.32 Å². The molecule has 0 radical (unpaired) electrons. The number of hydrogen-bond donors (Lipinski definition) is 1. The van der Waals surface area contributed by atoms with Gasteiger partial charge in [0.15, 0.2) is 9.84 Å². The number of hydrogen-bond acceptors (Lipinski definition) is 5. The number of carbonyl (C=O) groups is 1. The van der Waals surface area contributed by atoms with Crippen LogP contribution in [0.1, 0.15) is 17.2 Å². The summed E-state index contributed by atoms with van der Waals surface area (Å²) in [5, 5.41) is 3.46. The molecular weight excluding hydrogens is 344 g/mol. The highest BCUT2D eigenvalue weighted by molar-refractivity contribution is 7.93. The zero-order valence-electron chi connectivity index (χ0n) is 11.6. The van der Waals surface area contributed by atoms with E-state index in [-0.39, 0.29) is 29.0 Å². The van der Waals surface area contributed by atoms with Crippen LogP contribution in [0.25, 0.3) is 0 Å². The van der Waals surface area contributed by atoms with E-state index in [1.54, 1.807) is 35.8 Å². The Morgan fingerprint density at radius 1 is 1.36 bits per heavy atom. The lowest BCUT2D eigenvalue weighted by Gasteiger charge is -2.17. The normalized spacial score (nSPS) is 12.8. The molecule has 0 bridgehead atoms. The van der Waals surface area contributed by atoms with Crippen molar-refractivity contribution in [2.75, 3.05) is 12.4 Å². The number of rotatable bonds is 7. The van der Waals surface area contributed by atoms with Gasteiger partial charge in [0, 0.05) is 31.2 Å². The van der Waals surface area contributed by atoms with E-state index in [9.17, 15) is 13.2 Å². The molecule has 0 aliphatic heterocycles. The molecule has 0 aliphatic carbocycles. The van der Waals surface area contributed by atoms with Gasteiger partial charge >= 0.3 is 0 Å². The zero-order chi connectivity index (χ0) is 16.0. The molecule has 0 spiro atoms. The minimum Gasteiger partial charge on any atom is -0.354 e. The number of thiophene rings is 1. The predicted octanol–water partition coefficient (Wildman–Crippen LogP) is 2.40. The van der Waals surface area contributed by atoms with Crippen molar-refractivity contribution in [2.24, 2.45) is 0 Å². The van der Waals surface area contributed by atoms with E-state index in [4.69, 9.17) is 11.6 Å². The second-order valence-electron chi connectivity index (χ2n) is 4.50. The SMILES string of the molecule is O=C(CCCl)NCC(c1cccnc1)S(=O)(=O)c1cccs1. The largest absolute Gasteiger partial charge is 0.354 e. The molecule has 0 aromatic carbocycles. The van der Waals surface area contributed by atoms with Crippen molar-refractivity contribution in [1.82, 2.24) is 10.3 Å². The van der Waals surface area contributed by atoms with Gasteiger partial charge in [-0.15, -0.1) is 22.9 Å². The predicted molar refractivity (Wildman–Crippen MR) is 86.8 cm³/mol. The van der Waals surface area contributed by atoms with E-state index in [1.165, 1.54) is 6.20 Å². The van der Waals surface area contributed by atoms with Gasteiger partial charge in [-0.05, 0) is 23.1 Å². The van der Waals surface area contributed by atoms with Gasteiger partial charge in [-0.25, -0.2) is 8.42 Å². The third-order valence-corrected chi connectivity index (χ3v) is 6.73. The molecule has 0 saturated carbocycles. The summed E-state index contributed by atoms with van der Waals surface area (Å²) in [4.78, 5) is 15.6. The van der Waals surface area contributed by atoms with Crippen molar-refractivity contribution in [3.8, 4) is 0 Å². The molecule has 1 unspecified atom stereocenters. The number of sulfone groups is 1. The van der Waals surface area contributed by atoms with Crippen molar-refractivity contribution in [3.05, 3.63) is 47.6 Å². The van der Waals surface area contributed by atoms with Crippen LogP contribution in [0.2, 0.25) is 0 Å². The molecule has 8 heteroatoms. The lowest BCUT2D eigenvalue weighted by Crippen LogP contribution is -2.31. The van der Waals surface area contributed by atoms with Gasteiger partial charge in [0.1, 0.15) is 9.46 Å². The van der Waals surface area contributed by atoms with E-state index < -0.39 is 15.1 Å². The number of pyridine rings is 1. The Kier molecular flexibility index (Phi) is 5.93. The average molecular weight is 359 g/mol. The highest BCUT2D eigenvalue weighted by Crippen LogP contribution is 2.30. The molecule has 1 amide bonds. The van der Waals surface area contributed by atoms with Crippen molar-refractivity contribution < 1.29 is 13.2 Å². The minimum absolute atomic E-state index is 0.0123. The minimum atomic E-state index is -3.59. The number of amides is 1. The van der Waals surface area contributed by atoms with E-state index in [1.807, 2.05) is 0 Å². The monoisotopic (exact) mass is 358 g/mol. The third-order valence-electron chi connectivity index (χ3n) is 3.01. The zero-order valence-corrected chi connectivity index (χ0v) is 14.0. The molecule has 0 fully saturated rings. The topological polar surface area (TPSA) is 76.1 Å². The van der Waals surface area contributed by atoms with Crippen molar-refractivity contribution in [3.63, 3.8) is 0 Å². The Balaban J connectivity index is 2.28. The molecule has 2 aromatic heterocycles. The molecule has 2 aromatic rings. The highest BCUT2D eigenvalue weighted by Gasteiger charge is 2.30. The molecule has 0 aliphatic rings. The molecule has 1 N–H and O–H groups in total. The molecule has 0 saturated heterocycles. The fourth-order valence-corrected chi connectivity index (χ4v) is 4.94. The van der Waals surface area contributed by atoms with Crippen LogP contribution in [-0.4, -0.2) is 31.7 Å². The summed E-state index contributed by atoms with van der Waals surface area (Å²) in [5.74, 6) is -0.0774. The average Bonchev–Trinajstić information content (AvgIpc) is 3.03. The molecule has 118 valence electrons. The van der Waals surface area contributed by atoms with Crippen LogP contribution < -0.4 is 5.32 Å². The Morgan fingerprint density at radius 2 is 2.18 bits per heavy atom. The number of nitrogens with one attached hydrogen (secondary N) is 1. The fraction of sp³-hybridized carbons (Fsp3) is 0.286. The van der Waals surface area contributed by atoms with Gasteiger partial charge in [0.25, 0.3) is 0 Å². The Labute approximate surface area is 138 Å². The van der Waals surface area contributed by atoms with Crippen molar-refractivity contribution in [2.45, 2.75) is 15.9 Å². The van der Waals surface area contributed by atoms with Crippen molar-refractivity contribution in [1.29, 1.82) is 0 Å². The van der Waals surface area contributed by atoms with Gasteiger partial charge in [-0.3, -0.25) is 9.78 Å². The number of alkyl halides is 1. The Bertz CT molecular complexity index is 703. The molecular formula is C14H15ClN2O3S2. The standard InChI is InChI=1S/C14H15ClN2O3S2/c15-6-5-13(18)17-10-12(11-3-1-7-16-9-11)22(19,20)14-4-2-8-21-14/h1-4,7-9,12H,5-6,10H2,(H,17,18). The maximum Gasteiger partial charge on any atom is 0.221 e. The number of halogens is 1. The van der Waals surface area contributed by atoms with Crippen LogP contribution in [0.4, 0.5) is 0 Å². The van der Waals surface area contributed by atoms with Gasteiger partial charge in [0.05, 0.1) is 0 Å². The Morgan fingerprint density at radius 3 is 2.77 bits per heavy atom. The molecule has 2 rings (SSSR count). The van der Waals surface area contributed by atoms with Crippen LogP contribution in [0.15, 0.2) is 46.2 Å². The molecule has 22 heavy (non-hydrogen) atoms. The van der Waals surface area contributed by atoms with E-state index in [2.05, 4.69) is 10.3 Å². The van der Waals surface area contributed by atoms with Crippen LogP contribution >= 0.6 is 22.9 Å². The van der Waals surface area contributed by atoms with Gasteiger partial charge in [0.2, 0.25) is 5.91 Å². The summed E-state index contributed by atoms with van der Waals surface area (Å²) in [6, 6.07) is 6.61. The van der Waals surface area contributed by atoms with Crippen LogP contribution in [0, 0.1) is 0 Å². The van der Waals surface area contributed by atoms with E-state index >= 15 is 0 Å². The lowest BCUT2D eigenvalue weighted by molar-refractivity contribution is -0.120. The fourth-order valence-electron chi connectivity index (χ4n) is 1.92. The number of nitrogens with zero attached hydrogens (tertiary/aromatic N) is 1. The first-order valence-electron chi connectivity index (χ1n) is 6.55. The van der Waals surface area contributed by atoms with Crippen LogP contribution in [-0.2, 0) is 14.6 Å². The number of carbonyl (C=O) groups excluding carboxylic acids is 1. The summed E-state index contributed by atoms with van der Waals surface area (Å²) < 4.78 is 25.8. The summed E-state index contributed by atoms with van der Waals surface area (Å²) in [5.41, 5.74) is 0.544. The van der Waals surface area contributed by atoms with E-state index in [0.717, 1.165) is 11.3 Å². The lowest BCUT2D eigenvalue weighted by atomic mass is 10.2. The number of aromatic nitrogens is 1. The second-order valence-corrected chi connectivity index (χ2v) is 8.18. The summed E-state index contributed by atoms with van der Waals surface area (Å²) in [6.45, 7) is -0.0123. The molecule has 2 heterocycles.